The maximum absolute atomic E-state index is 9.75. The van der Waals surface area contributed by atoms with Crippen LogP contribution in [0.3, 0.4) is 0 Å². The third-order valence-electron chi connectivity index (χ3n) is 4.93. The van der Waals surface area contributed by atoms with Gasteiger partial charge in [0.1, 0.15) is 0 Å². The van der Waals surface area contributed by atoms with E-state index in [1.807, 2.05) is 0 Å². The summed E-state index contributed by atoms with van der Waals surface area (Å²) in [5, 5.41) is 0. The molecule has 160 valence electrons. The Bertz CT molecular complexity index is 919. The molecule has 0 aliphatic heterocycles. The van der Waals surface area contributed by atoms with Crippen LogP contribution in [-0.2, 0) is 0 Å². The molecule has 0 N–H and O–H groups in total. The van der Waals surface area contributed by atoms with Crippen molar-refractivity contribution >= 4 is 7.25 Å². The van der Waals surface area contributed by atoms with Gasteiger partial charge < -0.3 is 17.3 Å². The van der Waals surface area contributed by atoms with E-state index in [4.69, 9.17) is 0 Å². The number of rotatable bonds is 5. The Labute approximate surface area is 176 Å². The molecular weight excluding hydrogens is 389 g/mol. The fraction of sp³-hybridized carbons (Fsp3) is 0.292. The SMILES string of the molecule is CCC(C)[n+]1c(-c2ccccc2)cc(-c2ccccc2)cc1C(C)C.F[B-](F)(F)F. The van der Waals surface area contributed by atoms with Gasteiger partial charge in [-0.25, -0.2) is 0 Å². The van der Waals surface area contributed by atoms with Crippen molar-refractivity contribution in [3.8, 4) is 22.4 Å². The van der Waals surface area contributed by atoms with Gasteiger partial charge >= 0.3 is 7.25 Å². The van der Waals surface area contributed by atoms with E-state index in [0.717, 1.165) is 6.42 Å². The number of hydrogen-bond acceptors (Lipinski definition) is 0. The number of pyridine rings is 1. The van der Waals surface area contributed by atoms with Gasteiger partial charge in [-0.15, -0.1) is 0 Å². The Balaban J connectivity index is 0.000000575. The summed E-state index contributed by atoms with van der Waals surface area (Å²) >= 11 is 0. The zero-order valence-corrected chi connectivity index (χ0v) is 17.8. The molecule has 3 rings (SSSR count). The van der Waals surface area contributed by atoms with Crippen LogP contribution in [0.4, 0.5) is 17.3 Å². The highest BCUT2D eigenvalue weighted by atomic mass is 19.5. The minimum Gasteiger partial charge on any atom is -0.418 e. The second kappa shape index (κ2) is 10.4. The van der Waals surface area contributed by atoms with Crippen molar-refractivity contribution in [1.29, 1.82) is 0 Å². The summed E-state index contributed by atoms with van der Waals surface area (Å²) in [7, 11) is -6.00. The molecule has 3 aromatic rings. The first-order valence-corrected chi connectivity index (χ1v) is 10.2. The predicted molar refractivity (Wildman–Crippen MR) is 117 cm³/mol. The molecule has 0 aliphatic rings. The molecule has 0 fully saturated rings. The van der Waals surface area contributed by atoms with E-state index in [9.17, 15) is 17.3 Å². The predicted octanol–water partition coefficient (Wildman–Crippen LogP) is 7.70. The van der Waals surface area contributed by atoms with Crippen LogP contribution < -0.4 is 4.57 Å². The Morgan fingerprint density at radius 1 is 0.733 bits per heavy atom. The monoisotopic (exact) mass is 417 g/mol. The molecule has 0 radical (unpaired) electrons. The summed E-state index contributed by atoms with van der Waals surface area (Å²) in [5.74, 6) is 0.472. The van der Waals surface area contributed by atoms with Crippen molar-refractivity contribution in [2.24, 2.45) is 0 Å². The van der Waals surface area contributed by atoms with Gasteiger partial charge in [-0.05, 0) is 30.2 Å². The highest BCUT2D eigenvalue weighted by Gasteiger charge is 2.26. The average Bonchev–Trinajstić information content (AvgIpc) is 2.72. The smallest absolute Gasteiger partial charge is 0.418 e. The summed E-state index contributed by atoms with van der Waals surface area (Å²) in [6.45, 7) is 9.16. The third-order valence-corrected chi connectivity index (χ3v) is 4.93. The molecular formula is C24H28BF4N. The molecule has 30 heavy (non-hydrogen) atoms. The molecule has 0 aliphatic carbocycles. The van der Waals surface area contributed by atoms with Crippen LogP contribution in [0, 0.1) is 0 Å². The van der Waals surface area contributed by atoms with Gasteiger partial charge in [0.2, 0.25) is 5.69 Å². The average molecular weight is 417 g/mol. The van der Waals surface area contributed by atoms with Crippen molar-refractivity contribution in [3.05, 3.63) is 78.5 Å². The van der Waals surface area contributed by atoms with Gasteiger partial charge in [0, 0.05) is 30.0 Å². The highest BCUT2D eigenvalue weighted by molar-refractivity contribution is 6.50. The number of halogens is 4. The van der Waals surface area contributed by atoms with Gasteiger partial charge in [0.05, 0.1) is 0 Å². The summed E-state index contributed by atoms with van der Waals surface area (Å²) in [6, 6.07) is 26.7. The van der Waals surface area contributed by atoms with Crippen LogP contribution in [0.1, 0.15) is 51.8 Å². The van der Waals surface area contributed by atoms with Crippen LogP contribution in [0.15, 0.2) is 72.8 Å². The highest BCUT2D eigenvalue weighted by Crippen LogP contribution is 2.29. The lowest BCUT2D eigenvalue weighted by Gasteiger charge is -2.18. The van der Waals surface area contributed by atoms with E-state index in [1.54, 1.807) is 0 Å². The molecule has 0 saturated carbocycles. The van der Waals surface area contributed by atoms with Gasteiger partial charge in [0.25, 0.3) is 0 Å². The lowest BCUT2D eigenvalue weighted by molar-refractivity contribution is -0.717. The summed E-state index contributed by atoms with van der Waals surface area (Å²) in [6.07, 6.45) is 1.12. The normalized spacial score (nSPS) is 12.3. The standard InChI is InChI=1S/C24H28N.BF4/c1-5-19(4)25-23(18(2)3)16-22(20-12-8-6-9-13-20)17-24(25)21-14-10-7-11-15-21;2-1(3,4)5/h6-19H,5H2,1-4H3;/q+1;-1. The Hall–Kier alpha value is -2.63. The van der Waals surface area contributed by atoms with E-state index in [0.29, 0.717) is 12.0 Å². The van der Waals surface area contributed by atoms with Gasteiger partial charge in [-0.1, -0.05) is 69.3 Å². The van der Waals surface area contributed by atoms with Crippen LogP contribution in [0.2, 0.25) is 0 Å². The van der Waals surface area contributed by atoms with Crippen molar-refractivity contribution in [2.45, 2.75) is 46.1 Å². The fourth-order valence-electron chi connectivity index (χ4n) is 3.37. The molecule has 1 unspecified atom stereocenters. The Morgan fingerprint density at radius 2 is 1.20 bits per heavy atom. The zero-order valence-electron chi connectivity index (χ0n) is 17.8. The molecule has 1 atom stereocenters. The van der Waals surface area contributed by atoms with Crippen LogP contribution in [-0.4, -0.2) is 7.25 Å². The van der Waals surface area contributed by atoms with E-state index < -0.39 is 7.25 Å². The molecule has 0 bridgehead atoms. The molecule has 0 spiro atoms. The van der Waals surface area contributed by atoms with Gasteiger partial charge in [0.15, 0.2) is 11.7 Å². The lowest BCUT2D eigenvalue weighted by Crippen LogP contribution is -2.44. The number of hydrogen-bond donors (Lipinski definition) is 0. The summed E-state index contributed by atoms with van der Waals surface area (Å²) in [4.78, 5) is 0. The molecule has 0 saturated heterocycles. The number of nitrogens with zero attached hydrogens (tertiary/aromatic N) is 1. The molecule has 1 nitrogen and oxygen atoms in total. The molecule has 6 heteroatoms. The quantitative estimate of drug-likeness (QED) is 0.228. The first kappa shape index (κ1) is 23.7. The lowest BCUT2D eigenvalue weighted by atomic mass is 9.97. The minimum absolute atomic E-state index is 0.470. The van der Waals surface area contributed by atoms with Crippen molar-refractivity contribution in [3.63, 3.8) is 0 Å². The second-order valence-corrected chi connectivity index (χ2v) is 7.56. The van der Waals surface area contributed by atoms with Crippen molar-refractivity contribution in [2.75, 3.05) is 0 Å². The van der Waals surface area contributed by atoms with Crippen molar-refractivity contribution < 1.29 is 21.8 Å². The Kier molecular flexibility index (Phi) is 8.21. The van der Waals surface area contributed by atoms with Gasteiger partial charge in [-0.2, -0.15) is 4.57 Å². The second-order valence-electron chi connectivity index (χ2n) is 7.56. The molecule has 2 aromatic carbocycles. The van der Waals surface area contributed by atoms with E-state index in [2.05, 4.69) is 105 Å². The van der Waals surface area contributed by atoms with Crippen LogP contribution in [0.25, 0.3) is 22.4 Å². The third kappa shape index (κ3) is 6.72. The minimum atomic E-state index is -6.00. The van der Waals surface area contributed by atoms with Gasteiger partial charge in [-0.3, -0.25) is 0 Å². The molecule has 0 amide bonds. The maximum Gasteiger partial charge on any atom is 0.673 e. The number of aromatic nitrogens is 1. The van der Waals surface area contributed by atoms with E-state index in [1.165, 1.54) is 28.1 Å². The van der Waals surface area contributed by atoms with E-state index >= 15 is 0 Å². The maximum atomic E-state index is 9.75. The summed E-state index contributed by atoms with van der Waals surface area (Å²) in [5.41, 5.74) is 6.55. The van der Waals surface area contributed by atoms with Crippen molar-refractivity contribution in [1.82, 2.24) is 0 Å². The van der Waals surface area contributed by atoms with Crippen LogP contribution in [0.5, 0.6) is 0 Å². The largest absolute Gasteiger partial charge is 0.673 e. The molecule has 1 aromatic heterocycles. The zero-order chi connectivity index (χ0) is 22.3. The first-order chi connectivity index (χ1) is 14.1. The summed E-state index contributed by atoms with van der Waals surface area (Å²) < 4.78 is 41.5. The Morgan fingerprint density at radius 3 is 1.63 bits per heavy atom. The molecule has 1 heterocycles. The number of benzene rings is 2. The topological polar surface area (TPSA) is 3.88 Å². The van der Waals surface area contributed by atoms with E-state index in [-0.39, 0.29) is 0 Å². The first-order valence-electron chi connectivity index (χ1n) is 10.2. The van der Waals surface area contributed by atoms with Crippen LogP contribution >= 0.6 is 0 Å². The fourth-order valence-corrected chi connectivity index (χ4v) is 3.37.